The number of anilines is 1. The highest BCUT2D eigenvalue weighted by molar-refractivity contribution is 7.89. The summed E-state index contributed by atoms with van der Waals surface area (Å²) < 4.78 is 39.6. The minimum absolute atomic E-state index is 0.0860. The van der Waals surface area contributed by atoms with E-state index >= 15 is 0 Å². The van der Waals surface area contributed by atoms with E-state index in [1.807, 2.05) is 0 Å². The zero-order valence-electron chi connectivity index (χ0n) is 15.3. The maximum Gasteiger partial charge on any atom is 0.293 e. The van der Waals surface area contributed by atoms with E-state index in [2.05, 4.69) is 11.6 Å². The predicted octanol–water partition coefficient (Wildman–Crippen LogP) is 2.02. The molecular formula is C17H25N3O5S2. The monoisotopic (exact) mass is 415 g/mol. The van der Waals surface area contributed by atoms with Crippen molar-refractivity contribution in [2.45, 2.75) is 43.5 Å². The SMILES string of the molecule is CC1CCC(NS(=O)(=O)c2ccc(N3CCS(=O)CC3)c([N+](=O)[O-])c2)CC1. The fourth-order valence-electron chi connectivity index (χ4n) is 3.63. The second kappa shape index (κ2) is 8.24. The van der Waals surface area contributed by atoms with E-state index < -0.39 is 25.7 Å². The average molecular weight is 416 g/mol. The molecule has 0 amide bonds. The van der Waals surface area contributed by atoms with Gasteiger partial charge in [0, 0.05) is 47.5 Å². The minimum Gasteiger partial charge on any atom is -0.364 e. The van der Waals surface area contributed by atoms with Gasteiger partial charge in [-0.1, -0.05) is 6.92 Å². The van der Waals surface area contributed by atoms with Gasteiger partial charge in [-0.25, -0.2) is 13.1 Å². The van der Waals surface area contributed by atoms with Crippen LogP contribution >= 0.6 is 0 Å². The topological polar surface area (TPSA) is 110 Å². The summed E-state index contributed by atoms with van der Waals surface area (Å²) in [6, 6.07) is 3.92. The zero-order chi connectivity index (χ0) is 19.6. The lowest BCUT2D eigenvalue weighted by Gasteiger charge is -2.28. The lowest BCUT2D eigenvalue weighted by Crippen LogP contribution is -2.38. The van der Waals surface area contributed by atoms with Crippen LogP contribution in [0.15, 0.2) is 23.1 Å². The second-order valence-corrected chi connectivity index (χ2v) is 10.7. The molecule has 0 unspecified atom stereocenters. The van der Waals surface area contributed by atoms with Crippen LogP contribution in [0.5, 0.6) is 0 Å². The van der Waals surface area contributed by atoms with E-state index in [-0.39, 0.29) is 16.6 Å². The summed E-state index contributed by atoms with van der Waals surface area (Å²) in [5, 5.41) is 11.5. The molecule has 1 aliphatic heterocycles. The fraction of sp³-hybridized carbons (Fsp3) is 0.647. The predicted molar refractivity (Wildman–Crippen MR) is 105 cm³/mol. The highest BCUT2D eigenvalue weighted by Crippen LogP contribution is 2.32. The van der Waals surface area contributed by atoms with Crippen LogP contribution in [0.4, 0.5) is 11.4 Å². The number of hydrogen-bond donors (Lipinski definition) is 1. The highest BCUT2D eigenvalue weighted by atomic mass is 32.2. The lowest BCUT2D eigenvalue weighted by atomic mass is 9.88. The van der Waals surface area contributed by atoms with Crippen molar-refractivity contribution >= 4 is 32.2 Å². The molecule has 8 nitrogen and oxygen atoms in total. The Morgan fingerprint density at radius 1 is 1.19 bits per heavy atom. The molecule has 1 N–H and O–H groups in total. The van der Waals surface area contributed by atoms with Crippen LogP contribution in [-0.2, 0) is 20.8 Å². The first-order valence-corrected chi connectivity index (χ1v) is 12.1. The van der Waals surface area contributed by atoms with Gasteiger partial charge in [-0.15, -0.1) is 0 Å². The molecule has 0 aromatic heterocycles. The lowest BCUT2D eigenvalue weighted by molar-refractivity contribution is -0.384. The van der Waals surface area contributed by atoms with Crippen LogP contribution in [0, 0.1) is 16.0 Å². The van der Waals surface area contributed by atoms with E-state index in [0.29, 0.717) is 36.2 Å². The molecular weight excluding hydrogens is 390 g/mol. The summed E-state index contributed by atoms with van der Waals surface area (Å²) >= 11 is 0. The molecule has 1 aliphatic carbocycles. The molecule has 1 aromatic carbocycles. The molecule has 0 radical (unpaired) electrons. The molecule has 0 spiro atoms. The summed E-state index contributed by atoms with van der Waals surface area (Å²) in [5.74, 6) is 1.52. The summed E-state index contributed by atoms with van der Waals surface area (Å²) in [4.78, 5) is 12.7. The zero-order valence-corrected chi connectivity index (χ0v) is 16.9. The average Bonchev–Trinajstić information content (AvgIpc) is 2.63. The van der Waals surface area contributed by atoms with E-state index in [4.69, 9.17) is 0 Å². The molecule has 2 aliphatic rings. The number of hydrogen-bond acceptors (Lipinski definition) is 6. The molecule has 1 aromatic rings. The first-order chi connectivity index (χ1) is 12.8. The van der Waals surface area contributed by atoms with Gasteiger partial charge < -0.3 is 4.90 Å². The maximum absolute atomic E-state index is 12.7. The Morgan fingerprint density at radius 3 is 2.41 bits per heavy atom. The Labute approximate surface area is 162 Å². The van der Waals surface area contributed by atoms with Crippen LogP contribution in [0.2, 0.25) is 0 Å². The first kappa shape index (κ1) is 20.2. The quantitative estimate of drug-likeness (QED) is 0.582. The minimum atomic E-state index is -3.81. The van der Waals surface area contributed by atoms with E-state index in [9.17, 15) is 22.7 Å². The standard InChI is InChI=1S/C17H25N3O5S2/c1-13-2-4-14(5-3-13)18-27(24,25)15-6-7-16(17(12-15)20(21)22)19-8-10-26(23)11-9-19/h6-7,12-14,18H,2-5,8-11H2,1H3. The van der Waals surface area contributed by atoms with Gasteiger partial charge in [0.05, 0.1) is 9.82 Å². The number of nitro groups is 1. The van der Waals surface area contributed by atoms with E-state index in [1.165, 1.54) is 12.1 Å². The Balaban J connectivity index is 1.82. The van der Waals surface area contributed by atoms with Crippen LogP contribution in [-0.4, -0.2) is 48.2 Å². The van der Waals surface area contributed by atoms with Crippen molar-refractivity contribution in [1.29, 1.82) is 0 Å². The van der Waals surface area contributed by atoms with Crippen molar-refractivity contribution in [3.8, 4) is 0 Å². The van der Waals surface area contributed by atoms with Gasteiger partial charge in [0.25, 0.3) is 5.69 Å². The van der Waals surface area contributed by atoms with Gasteiger partial charge in [-0.3, -0.25) is 14.3 Å². The van der Waals surface area contributed by atoms with Gasteiger partial charge in [-0.2, -0.15) is 0 Å². The third kappa shape index (κ3) is 4.85. The highest BCUT2D eigenvalue weighted by Gasteiger charge is 2.28. The molecule has 1 saturated heterocycles. The largest absolute Gasteiger partial charge is 0.364 e. The third-order valence-electron chi connectivity index (χ3n) is 5.31. The molecule has 1 saturated carbocycles. The molecule has 27 heavy (non-hydrogen) atoms. The van der Waals surface area contributed by atoms with Crippen molar-refractivity contribution in [3.63, 3.8) is 0 Å². The maximum atomic E-state index is 12.7. The molecule has 3 rings (SSSR count). The molecule has 0 atom stereocenters. The Hall–Kier alpha value is -1.52. The van der Waals surface area contributed by atoms with E-state index in [0.717, 1.165) is 31.7 Å². The second-order valence-electron chi connectivity index (χ2n) is 7.32. The summed E-state index contributed by atoms with van der Waals surface area (Å²) in [5.41, 5.74) is 0.143. The van der Waals surface area contributed by atoms with Crippen LogP contribution in [0.3, 0.4) is 0 Å². The van der Waals surface area contributed by atoms with Gasteiger partial charge in [-0.05, 0) is 43.7 Å². The van der Waals surface area contributed by atoms with Crippen molar-refractivity contribution in [3.05, 3.63) is 28.3 Å². The van der Waals surface area contributed by atoms with Gasteiger partial charge in [0.15, 0.2) is 0 Å². The molecule has 150 valence electrons. The fourth-order valence-corrected chi connectivity index (χ4v) is 6.00. The smallest absolute Gasteiger partial charge is 0.293 e. The van der Waals surface area contributed by atoms with Gasteiger partial charge in [0.1, 0.15) is 5.69 Å². The number of nitrogens with zero attached hydrogens (tertiary/aromatic N) is 2. The normalized spacial score (nSPS) is 24.7. The van der Waals surface area contributed by atoms with E-state index in [1.54, 1.807) is 4.90 Å². The molecule has 10 heteroatoms. The van der Waals surface area contributed by atoms with Crippen molar-refractivity contribution in [2.24, 2.45) is 5.92 Å². The Bertz CT molecular complexity index is 825. The number of nitrogens with one attached hydrogen (secondary N) is 1. The summed E-state index contributed by atoms with van der Waals surface area (Å²) in [6.45, 7) is 3.07. The van der Waals surface area contributed by atoms with Gasteiger partial charge in [0.2, 0.25) is 10.0 Å². The van der Waals surface area contributed by atoms with Crippen LogP contribution in [0.25, 0.3) is 0 Å². The van der Waals surface area contributed by atoms with Crippen LogP contribution < -0.4 is 9.62 Å². The number of rotatable bonds is 5. The van der Waals surface area contributed by atoms with Crippen molar-refractivity contribution in [1.82, 2.24) is 4.72 Å². The summed E-state index contributed by atoms with van der Waals surface area (Å²) in [6.07, 6.45) is 3.52. The molecule has 1 heterocycles. The van der Waals surface area contributed by atoms with Crippen LogP contribution in [0.1, 0.15) is 32.6 Å². The molecule has 2 fully saturated rings. The number of benzene rings is 1. The first-order valence-electron chi connectivity index (χ1n) is 9.17. The number of sulfonamides is 1. The molecule has 0 bridgehead atoms. The third-order valence-corrected chi connectivity index (χ3v) is 8.10. The Morgan fingerprint density at radius 2 is 1.81 bits per heavy atom. The van der Waals surface area contributed by atoms with Crippen molar-refractivity contribution in [2.75, 3.05) is 29.5 Å². The van der Waals surface area contributed by atoms with Crippen molar-refractivity contribution < 1.29 is 17.6 Å². The Kier molecular flexibility index (Phi) is 6.17. The summed E-state index contributed by atoms with van der Waals surface area (Å²) in [7, 11) is -4.71. The number of nitro benzene ring substituents is 1. The van der Waals surface area contributed by atoms with Gasteiger partial charge >= 0.3 is 0 Å².